The molecular weight excluding hydrogens is 444 g/mol. The zero-order valence-corrected chi connectivity index (χ0v) is 18.0. The molecule has 176 valence electrons. The highest BCUT2D eigenvalue weighted by Gasteiger charge is 2.46. The summed E-state index contributed by atoms with van der Waals surface area (Å²) in [5.74, 6) is -3.44. The highest BCUT2D eigenvalue weighted by Crippen LogP contribution is 2.43. The Hall–Kier alpha value is -1.76. The minimum absolute atomic E-state index is 0.152. The molecule has 1 aromatic carbocycles. The largest absolute Gasteiger partial charge is 0.490 e. The molecule has 31 heavy (non-hydrogen) atoms. The van der Waals surface area contributed by atoms with Crippen LogP contribution < -0.4 is 0 Å². The van der Waals surface area contributed by atoms with Gasteiger partial charge in [0.15, 0.2) is 0 Å². The Bertz CT molecular complexity index is 870. The van der Waals surface area contributed by atoms with Gasteiger partial charge in [0.1, 0.15) is 10.7 Å². The first-order valence-corrected chi connectivity index (χ1v) is 11.0. The fraction of sp³-hybridized carbons (Fsp3) is 0.632. The molecular formula is C19H26F4N2O5S. The molecule has 0 radical (unpaired) electrons. The summed E-state index contributed by atoms with van der Waals surface area (Å²) in [7, 11) is 0.0527. The lowest BCUT2D eigenvalue weighted by molar-refractivity contribution is -0.192. The van der Waals surface area contributed by atoms with E-state index in [1.807, 2.05) is 0 Å². The first-order valence-electron chi connectivity index (χ1n) is 9.56. The molecule has 2 heterocycles. The van der Waals surface area contributed by atoms with E-state index < -0.39 is 28.0 Å². The first kappa shape index (κ1) is 25.5. The van der Waals surface area contributed by atoms with Crippen LogP contribution in [0.5, 0.6) is 0 Å². The molecule has 0 saturated carbocycles. The number of benzene rings is 1. The SMILES string of the molecule is COCC1CC2(CCN(S(=O)(=O)c3ccccc3F)CC2)CN1C.O=C(O)C(F)(F)F. The molecule has 0 aromatic heterocycles. The lowest BCUT2D eigenvalue weighted by atomic mass is 9.77. The number of rotatable bonds is 4. The molecule has 2 saturated heterocycles. The number of carboxylic acids is 1. The number of aliphatic carboxylic acids is 1. The van der Waals surface area contributed by atoms with Gasteiger partial charge in [-0.3, -0.25) is 0 Å². The van der Waals surface area contributed by atoms with E-state index in [1.165, 1.54) is 22.5 Å². The number of likely N-dealkylation sites (tertiary alicyclic amines) is 1. The van der Waals surface area contributed by atoms with Crippen LogP contribution in [0.4, 0.5) is 17.6 Å². The molecule has 12 heteroatoms. The number of piperidine rings is 1. The minimum atomic E-state index is -5.08. The number of methoxy groups -OCH3 is 1. The van der Waals surface area contributed by atoms with E-state index in [-0.39, 0.29) is 10.3 Å². The zero-order valence-electron chi connectivity index (χ0n) is 17.2. The summed E-state index contributed by atoms with van der Waals surface area (Å²) in [6.45, 7) is 2.57. The Kier molecular flexibility index (Phi) is 8.06. The topological polar surface area (TPSA) is 87.2 Å². The summed E-state index contributed by atoms with van der Waals surface area (Å²) in [6.07, 6.45) is -2.43. The van der Waals surface area contributed by atoms with Gasteiger partial charge < -0.3 is 14.7 Å². The van der Waals surface area contributed by atoms with Crippen LogP contribution in [-0.2, 0) is 19.6 Å². The summed E-state index contributed by atoms with van der Waals surface area (Å²) < 4.78 is 77.7. The number of ether oxygens (including phenoxy) is 1. The van der Waals surface area contributed by atoms with Crippen LogP contribution in [0, 0.1) is 11.2 Å². The standard InChI is InChI=1S/C17H25FN2O3S.C2HF3O2/c1-19-13-17(11-14(19)12-23-2)7-9-20(10-8-17)24(21,22)16-6-4-3-5-15(16)18;3-2(4,5)1(6)7/h3-6,14H,7-13H2,1-2H3;(H,6,7). The average molecular weight is 470 g/mol. The second-order valence-electron chi connectivity index (χ2n) is 7.87. The second-order valence-corrected chi connectivity index (χ2v) is 9.77. The molecule has 2 fully saturated rings. The van der Waals surface area contributed by atoms with Crippen LogP contribution in [0.2, 0.25) is 0 Å². The maximum Gasteiger partial charge on any atom is 0.490 e. The molecule has 0 bridgehead atoms. The van der Waals surface area contributed by atoms with E-state index in [0.29, 0.717) is 25.7 Å². The first-order chi connectivity index (χ1) is 14.3. The fourth-order valence-corrected chi connectivity index (χ4v) is 5.62. The predicted octanol–water partition coefficient (Wildman–Crippen LogP) is 2.58. The van der Waals surface area contributed by atoms with Crippen LogP contribution in [0.25, 0.3) is 0 Å². The fourth-order valence-electron chi connectivity index (χ4n) is 4.11. The molecule has 2 aliphatic heterocycles. The van der Waals surface area contributed by atoms with Gasteiger partial charge in [-0.25, -0.2) is 17.6 Å². The maximum absolute atomic E-state index is 13.9. The Balaban J connectivity index is 0.000000423. The van der Waals surface area contributed by atoms with E-state index in [0.717, 1.165) is 25.8 Å². The van der Waals surface area contributed by atoms with E-state index in [4.69, 9.17) is 14.6 Å². The molecule has 7 nitrogen and oxygen atoms in total. The number of carboxylic acid groups (broad SMARTS) is 1. The van der Waals surface area contributed by atoms with Crippen molar-refractivity contribution in [1.29, 1.82) is 0 Å². The van der Waals surface area contributed by atoms with Crippen molar-refractivity contribution in [2.75, 3.05) is 40.4 Å². The Morgan fingerprint density at radius 3 is 2.29 bits per heavy atom. The maximum atomic E-state index is 13.9. The summed E-state index contributed by atoms with van der Waals surface area (Å²) in [4.78, 5) is 11.0. The van der Waals surface area contributed by atoms with E-state index in [9.17, 15) is 26.0 Å². The number of likely N-dealkylation sites (N-methyl/N-ethyl adjacent to an activating group) is 1. The quantitative estimate of drug-likeness (QED) is 0.681. The Morgan fingerprint density at radius 2 is 1.81 bits per heavy atom. The van der Waals surface area contributed by atoms with Gasteiger partial charge in [-0.1, -0.05) is 12.1 Å². The van der Waals surface area contributed by atoms with E-state index >= 15 is 0 Å². The highest BCUT2D eigenvalue weighted by atomic mass is 32.2. The third-order valence-electron chi connectivity index (χ3n) is 5.72. The normalized spacial score (nSPS) is 22.2. The lowest BCUT2D eigenvalue weighted by Crippen LogP contribution is -2.44. The van der Waals surface area contributed by atoms with Gasteiger partial charge in [0, 0.05) is 32.8 Å². The van der Waals surface area contributed by atoms with Crippen molar-refractivity contribution < 1.29 is 40.6 Å². The van der Waals surface area contributed by atoms with Crippen LogP contribution in [0.3, 0.4) is 0 Å². The number of hydrogen-bond acceptors (Lipinski definition) is 5. The minimum Gasteiger partial charge on any atom is -0.475 e. The van der Waals surface area contributed by atoms with Gasteiger partial charge >= 0.3 is 12.1 Å². The summed E-state index contributed by atoms with van der Waals surface area (Å²) >= 11 is 0. The van der Waals surface area contributed by atoms with Crippen molar-refractivity contribution in [1.82, 2.24) is 9.21 Å². The molecule has 1 atom stereocenters. The highest BCUT2D eigenvalue weighted by molar-refractivity contribution is 7.89. The number of nitrogens with zero attached hydrogens (tertiary/aromatic N) is 2. The van der Waals surface area contributed by atoms with Crippen molar-refractivity contribution >= 4 is 16.0 Å². The zero-order chi connectivity index (χ0) is 23.4. The molecule has 0 amide bonds. The summed E-state index contributed by atoms with van der Waals surface area (Å²) in [5, 5.41) is 7.12. The molecule has 0 aliphatic carbocycles. The number of sulfonamides is 1. The molecule has 1 spiro atoms. The van der Waals surface area contributed by atoms with Crippen LogP contribution >= 0.6 is 0 Å². The smallest absolute Gasteiger partial charge is 0.475 e. The number of halogens is 4. The predicted molar refractivity (Wildman–Crippen MR) is 103 cm³/mol. The van der Waals surface area contributed by atoms with Gasteiger partial charge in [-0.15, -0.1) is 0 Å². The molecule has 1 unspecified atom stereocenters. The summed E-state index contributed by atoms with van der Waals surface area (Å²) in [5.41, 5.74) is 0.152. The Labute approximate surface area is 178 Å². The summed E-state index contributed by atoms with van der Waals surface area (Å²) in [6, 6.07) is 5.99. The van der Waals surface area contributed by atoms with Crippen molar-refractivity contribution in [3.8, 4) is 0 Å². The molecule has 1 N–H and O–H groups in total. The van der Waals surface area contributed by atoms with Gasteiger partial charge in [-0.2, -0.15) is 17.5 Å². The molecule has 2 aliphatic rings. The van der Waals surface area contributed by atoms with Crippen molar-refractivity contribution in [2.45, 2.75) is 36.4 Å². The van der Waals surface area contributed by atoms with Gasteiger partial charge in [0.05, 0.1) is 6.61 Å². The van der Waals surface area contributed by atoms with E-state index in [2.05, 4.69) is 11.9 Å². The third kappa shape index (κ3) is 6.15. The number of carbonyl (C=O) groups is 1. The monoisotopic (exact) mass is 470 g/mol. The second kappa shape index (κ2) is 9.80. The number of hydrogen-bond donors (Lipinski definition) is 1. The van der Waals surface area contributed by atoms with Crippen LogP contribution in [-0.4, -0.2) is 81.3 Å². The number of alkyl halides is 3. The van der Waals surface area contributed by atoms with Crippen molar-refractivity contribution in [3.63, 3.8) is 0 Å². The van der Waals surface area contributed by atoms with Crippen LogP contribution in [0.15, 0.2) is 29.2 Å². The van der Waals surface area contributed by atoms with Crippen LogP contribution in [0.1, 0.15) is 19.3 Å². The van der Waals surface area contributed by atoms with Gasteiger partial charge in [-0.05, 0) is 43.9 Å². The van der Waals surface area contributed by atoms with Crippen molar-refractivity contribution in [3.05, 3.63) is 30.1 Å². The third-order valence-corrected chi connectivity index (χ3v) is 7.65. The van der Waals surface area contributed by atoms with Crippen molar-refractivity contribution in [2.24, 2.45) is 5.41 Å². The molecule has 3 rings (SSSR count). The average Bonchev–Trinajstić information content (AvgIpc) is 2.97. The van der Waals surface area contributed by atoms with Gasteiger partial charge in [0.2, 0.25) is 10.0 Å². The molecule has 1 aromatic rings. The van der Waals surface area contributed by atoms with Gasteiger partial charge in [0.25, 0.3) is 0 Å². The van der Waals surface area contributed by atoms with E-state index in [1.54, 1.807) is 13.2 Å². The lowest BCUT2D eigenvalue weighted by Gasteiger charge is -2.38. The Morgan fingerprint density at radius 1 is 1.26 bits per heavy atom.